The number of rotatable bonds is 3. The van der Waals surface area contributed by atoms with Crippen LogP contribution in [0.3, 0.4) is 0 Å². The maximum absolute atomic E-state index is 11.5. The van der Waals surface area contributed by atoms with E-state index in [1.807, 2.05) is 0 Å². The summed E-state index contributed by atoms with van der Waals surface area (Å²) in [5.74, 6) is -0.547. The number of nitrogens with zero attached hydrogens (tertiary/aromatic N) is 1. The minimum Gasteiger partial charge on any atom is -0.342 e. The summed E-state index contributed by atoms with van der Waals surface area (Å²) in [5.41, 5.74) is 0.521. The molecule has 1 heterocycles. The first-order valence-corrected chi connectivity index (χ1v) is 3.87. The van der Waals surface area contributed by atoms with Crippen LogP contribution in [0.4, 0.5) is 0 Å². The topological polar surface area (TPSA) is 62.8 Å². The number of allylic oxidation sites excluding steroid dienone is 2. The molecule has 0 radical (unpaired) electrons. The fourth-order valence-corrected chi connectivity index (χ4v) is 1.02. The van der Waals surface area contributed by atoms with Gasteiger partial charge in [0.25, 0.3) is 0 Å². The number of hydrogen-bond acceptors (Lipinski definition) is 3. The molecule has 0 bridgehead atoms. The summed E-state index contributed by atoms with van der Waals surface area (Å²) < 4.78 is 0. The molecular formula is C9H10N2O2. The van der Waals surface area contributed by atoms with Crippen LogP contribution in [0.5, 0.6) is 0 Å². The summed E-state index contributed by atoms with van der Waals surface area (Å²) in [7, 11) is 0. The Morgan fingerprint density at radius 3 is 2.62 bits per heavy atom. The number of carbonyl (C=O) groups excluding carboxylic acids is 2. The fourth-order valence-electron chi connectivity index (χ4n) is 1.02. The SMILES string of the molecule is CC=C(C(C)=O)C(=O)c1cnc[nH]1. The highest BCUT2D eigenvalue weighted by atomic mass is 16.1. The molecular weight excluding hydrogens is 168 g/mol. The van der Waals surface area contributed by atoms with Crippen LogP contribution in [0.15, 0.2) is 24.2 Å². The number of nitrogens with one attached hydrogen (secondary N) is 1. The molecule has 0 atom stereocenters. The van der Waals surface area contributed by atoms with Crippen LogP contribution < -0.4 is 0 Å². The molecule has 0 aliphatic heterocycles. The van der Waals surface area contributed by atoms with Crippen molar-refractivity contribution in [2.75, 3.05) is 0 Å². The van der Waals surface area contributed by atoms with Crippen LogP contribution in [-0.4, -0.2) is 21.5 Å². The lowest BCUT2D eigenvalue weighted by Gasteiger charge is -1.97. The van der Waals surface area contributed by atoms with Crippen molar-refractivity contribution in [2.24, 2.45) is 0 Å². The Labute approximate surface area is 75.7 Å². The van der Waals surface area contributed by atoms with Crippen molar-refractivity contribution in [3.8, 4) is 0 Å². The van der Waals surface area contributed by atoms with Crippen LogP contribution in [0.25, 0.3) is 0 Å². The van der Waals surface area contributed by atoms with Gasteiger partial charge in [0.15, 0.2) is 5.78 Å². The molecule has 0 fully saturated rings. The normalized spacial score (nSPS) is 11.4. The third kappa shape index (κ3) is 1.90. The van der Waals surface area contributed by atoms with Gasteiger partial charge in [-0.1, -0.05) is 6.08 Å². The molecule has 4 nitrogen and oxygen atoms in total. The van der Waals surface area contributed by atoms with Crippen LogP contribution >= 0.6 is 0 Å². The van der Waals surface area contributed by atoms with Gasteiger partial charge in [-0.05, 0) is 13.8 Å². The lowest BCUT2D eigenvalue weighted by Crippen LogP contribution is -2.10. The number of aromatic nitrogens is 2. The van der Waals surface area contributed by atoms with E-state index in [-0.39, 0.29) is 17.1 Å². The summed E-state index contributed by atoms with van der Waals surface area (Å²) in [5, 5.41) is 0. The molecule has 0 spiro atoms. The summed E-state index contributed by atoms with van der Waals surface area (Å²) in [4.78, 5) is 28.9. The summed E-state index contributed by atoms with van der Waals surface area (Å²) in [6.45, 7) is 3.02. The second-order valence-corrected chi connectivity index (χ2v) is 2.55. The van der Waals surface area contributed by atoms with Crippen LogP contribution in [0, 0.1) is 0 Å². The first-order chi connectivity index (χ1) is 6.16. The summed E-state index contributed by atoms with van der Waals surface area (Å²) >= 11 is 0. The first-order valence-electron chi connectivity index (χ1n) is 3.87. The Hall–Kier alpha value is -1.71. The fraction of sp³-hybridized carbons (Fsp3) is 0.222. The molecule has 0 aliphatic carbocycles. The van der Waals surface area contributed by atoms with Crippen molar-refractivity contribution < 1.29 is 9.59 Å². The number of carbonyl (C=O) groups is 2. The van der Waals surface area contributed by atoms with Gasteiger partial charge >= 0.3 is 0 Å². The molecule has 0 saturated heterocycles. The molecule has 1 rings (SSSR count). The minimum absolute atomic E-state index is 0.184. The highest BCUT2D eigenvalue weighted by molar-refractivity contribution is 6.24. The summed E-state index contributed by atoms with van der Waals surface area (Å²) in [6.07, 6.45) is 4.31. The molecule has 68 valence electrons. The third-order valence-corrected chi connectivity index (χ3v) is 1.66. The standard InChI is InChI=1S/C9H10N2O2/c1-3-7(6(2)12)9(13)8-4-10-5-11-8/h3-5H,1-2H3,(H,10,11). The van der Waals surface area contributed by atoms with Gasteiger partial charge in [0, 0.05) is 0 Å². The number of aromatic amines is 1. The molecule has 1 aromatic rings. The van der Waals surface area contributed by atoms with Gasteiger partial charge in [0.1, 0.15) is 5.69 Å². The average Bonchev–Trinajstić information content (AvgIpc) is 2.56. The van der Waals surface area contributed by atoms with E-state index < -0.39 is 0 Å². The summed E-state index contributed by atoms with van der Waals surface area (Å²) in [6, 6.07) is 0. The van der Waals surface area contributed by atoms with Crippen molar-refractivity contribution in [1.29, 1.82) is 0 Å². The predicted octanol–water partition coefficient (Wildman–Crippen LogP) is 1.13. The lowest BCUT2D eigenvalue weighted by atomic mass is 10.1. The quantitative estimate of drug-likeness (QED) is 0.326. The van der Waals surface area contributed by atoms with Crippen molar-refractivity contribution in [3.63, 3.8) is 0 Å². The maximum atomic E-state index is 11.5. The molecule has 1 N–H and O–H groups in total. The lowest BCUT2D eigenvalue weighted by molar-refractivity contribution is -0.113. The van der Waals surface area contributed by atoms with E-state index in [1.54, 1.807) is 6.92 Å². The van der Waals surface area contributed by atoms with Crippen molar-refractivity contribution in [2.45, 2.75) is 13.8 Å². The molecule has 0 amide bonds. The largest absolute Gasteiger partial charge is 0.342 e. The third-order valence-electron chi connectivity index (χ3n) is 1.66. The van der Waals surface area contributed by atoms with E-state index in [0.29, 0.717) is 5.69 Å². The highest BCUT2D eigenvalue weighted by Crippen LogP contribution is 2.05. The van der Waals surface area contributed by atoms with Gasteiger partial charge in [-0.15, -0.1) is 0 Å². The van der Waals surface area contributed by atoms with Gasteiger partial charge in [0.05, 0.1) is 18.1 Å². The van der Waals surface area contributed by atoms with E-state index in [0.717, 1.165) is 0 Å². The Morgan fingerprint density at radius 2 is 2.23 bits per heavy atom. The minimum atomic E-state index is -0.312. The van der Waals surface area contributed by atoms with Crippen LogP contribution in [-0.2, 0) is 4.79 Å². The Morgan fingerprint density at radius 1 is 1.54 bits per heavy atom. The molecule has 0 unspecified atom stereocenters. The second-order valence-electron chi connectivity index (χ2n) is 2.55. The zero-order valence-corrected chi connectivity index (χ0v) is 7.50. The monoisotopic (exact) mass is 178 g/mol. The van der Waals surface area contributed by atoms with Gasteiger partial charge in [0.2, 0.25) is 5.78 Å². The van der Waals surface area contributed by atoms with Crippen LogP contribution in [0.1, 0.15) is 24.3 Å². The number of Topliss-reactive ketones (excluding diaryl/α,β-unsaturated/α-hetero) is 2. The average molecular weight is 178 g/mol. The molecule has 0 aliphatic rings. The Kier molecular flexibility index (Phi) is 2.74. The molecule has 1 aromatic heterocycles. The second kappa shape index (κ2) is 3.80. The van der Waals surface area contributed by atoms with Gasteiger partial charge in [-0.2, -0.15) is 0 Å². The zero-order chi connectivity index (χ0) is 9.84. The predicted molar refractivity (Wildman–Crippen MR) is 47.4 cm³/mol. The first kappa shape index (κ1) is 9.38. The van der Waals surface area contributed by atoms with Gasteiger partial charge in [-0.25, -0.2) is 4.98 Å². The van der Waals surface area contributed by atoms with Gasteiger partial charge < -0.3 is 4.98 Å². The smallest absolute Gasteiger partial charge is 0.214 e. The van der Waals surface area contributed by atoms with Crippen molar-refractivity contribution in [1.82, 2.24) is 9.97 Å². The molecule has 0 aromatic carbocycles. The van der Waals surface area contributed by atoms with E-state index in [1.165, 1.54) is 25.5 Å². The van der Waals surface area contributed by atoms with Crippen LogP contribution in [0.2, 0.25) is 0 Å². The van der Waals surface area contributed by atoms with E-state index in [4.69, 9.17) is 0 Å². The van der Waals surface area contributed by atoms with E-state index in [9.17, 15) is 9.59 Å². The Bertz CT molecular complexity index is 350. The maximum Gasteiger partial charge on any atom is 0.214 e. The molecule has 13 heavy (non-hydrogen) atoms. The zero-order valence-electron chi connectivity index (χ0n) is 7.50. The number of hydrogen-bond donors (Lipinski definition) is 1. The van der Waals surface area contributed by atoms with Crippen molar-refractivity contribution >= 4 is 11.6 Å². The van der Waals surface area contributed by atoms with E-state index >= 15 is 0 Å². The number of ketones is 2. The molecule has 0 saturated carbocycles. The van der Waals surface area contributed by atoms with Crippen molar-refractivity contribution in [3.05, 3.63) is 29.9 Å². The Balaban J connectivity index is 2.97. The highest BCUT2D eigenvalue weighted by Gasteiger charge is 2.15. The van der Waals surface area contributed by atoms with Gasteiger partial charge in [-0.3, -0.25) is 9.59 Å². The van der Waals surface area contributed by atoms with E-state index in [2.05, 4.69) is 9.97 Å². The number of H-pyrrole nitrogens is 1. The number of imidazole rings is 1. The molecule has 4 heteroatoms.